The van der Waals surface area contributed by atoms with Gasteiger partial charge in [-0.15, -0.1) is 11.8 Å². The normalized spacial score (nSPS) is 11.4. The topological polar surface area (TPSA) is 38.3 Å². The van der Waals surface area contributed by atoms with Gasteiger partial charge in [0.2, 0.25) is 0 Å². The standard InChI is InChI=1S/C26H33NO2S/c1-6-11-21(12-7-2)20(4)30-18-19(3)26(28)27-25-17-23(29-5)15-16-24(25)22-13-9-8-10-14-22/h8-10,13-18,21H,4,6-7,11-12H2,1-3,5H3,(H,27,28)/b19-18+. The van der Waals surface area contributed by atoms with E-state index in [1.807, 2.05) is 60.9 Å². The summed E-state index contributed by atoms with van der Waals surface area (Å²) in [5.74, 6) is 1.08. The summed E-state index contributed by atoms with van der Waals surface area (Å²) in [6.45, 7) is 10.5. The number of ether oxygens (including phenoxy) is 1. The minimum absolute atomic E-state index is 0.122. The zero-order valence-corrected chi connectivity index (χ0v) is 19.4. The van der Waals surface area contributed by atoms with Gasteiger partial charge >= 0.3 is 0 Å². The Balaban J connectivity index is 2.16. The van der Waals surface area contributed by atoms with Gasteiger partial charge in [0.1, 0.15) is 5.75 Å². The number of amides is 1. The van der Waals surface area contributed by atoms with Crippen molar-refractivity contribution < 1.29 is 9.53 Å². The molecule has 0 radical (unpaired) electrons. The number of anilines is 1. The highest BCUT2D eigenvalue weighted by Crippen LogP contribution is 2.33. The van der Waals surface area contributed by atoms with E-state index in [1.54, 1.807) is 18.9 Å². The van der Waals surface area contributed by atoms with Crippen LogP contribution in [0.5, 0.6) is 5.75 Å². The summed E-state index contributed by atoms with van der Waals surface area (Å²) in [5, 5.41) is 4.97. The molecule has 0 saturated heterocycles. The fourth-order valence-corrected chi connectivity index (χ4v) is 4.18. The van der Waals surface area contributed by atoms with Gasteiger partial charge in [-0.3, -0.25) is 4.79 Å². The van der Waals surface area contributed by atoms with E-state index in [0.29, 0.717) is 17.2 Å². The molecule has 2 rings (SSSR count). The maximum absolute atomic E-state index is 12.9. The number of hydrogen-bond donors (Lipinski definition) is 1. The van der Waals surface area contributed by atoms with Crippen LogP contribution in [0.25, 0.3) is 11.1 Å². The minimum atomic E-state index is -0.122. The molecule has 0 aliphatic rings. The van der Waals surface area contributed by atoms with E-state index in [4.69, 9.17) is 4.74 Å². The highest BCUT2D eigenvalue weighted by atomic mass is 32.2. The smallest absolute Gasteiger partial charge is 0.251 e. The first kappa shape index (κ1) is 23.8. The van der Waals surface area contributed by atoms with Crippen LogP contribution in [-0.4, -0.2) is 13.0 Å². The van der Waals surface area contributed by atoms with Crippen LogP contribution < -0.4 is 10.1 Å². The highest BCUT2D eigenvalue weighted by Gasteiger charge is 2.14. The maximum Gasteiger partial charge on any atom is 0.251 e. The molecule has 2 aromatic carbocycles. The van der Waals surface area contributed by atoms with Crippen LogP contribution in [0.2, 0.25) is 0 Å². The SMILES string of the molecule is C=C(S/C=C(\C)C(=O)Nc1cc(OC)ccc1-c1ccccc1)C(CCC)CCC. The molecule has 30 heavy (non-hydrogen) atoms. The van der Waals surface area contributed by atoms with Crippen LogP contribution in [0.1, 0.15) is 46.5 Å². The first-order valence-corrected chi connectivity index (χ1v) is 11.4. The van der Waals surface area contributed by atoms with E-state index in [1.165, 1.54) is 0 Å². The van der Waals surface area contributed by atoms with Gasteiger partial charge in [0.25, 0.3) is 5.91 Å². The number of hydrogen-bond acceptors (Lipinski definition) is 3. The van der Waals surface area contributed by atoms with Crippen molar-refractivity contribution in [3.63, 3.8) is 0 Å². The summed E-state index contributed by atoms with van der Waals surface area (Å²) < 4.78 is 5.36. The molecule has 0 bridgehead atoms. The lowest BCUT2D eigenvalue weighted by molar-refractivity contribution is -0.112. The maximum atomic E-state index is 12.9. The van der Waals surface area contributed by atoms with Crippen molar-refractivity contribution >= 4 is 23.4 Å². The molecule has 0 fully saturated rings. The van der Waals surface area contributed by atoms with Gasteiger partial charge < -0.3 is 10.1 Å². The molecule has 2 aromatic rings. The molecule has 4 heteroatoms. The quantitative estimate of drug-likeness (QED) is 0.377. The Morgan fingerprint density at radius 1 is 1.13 bits per heavy atom. The van der Waals surface area contributed by atoms with Gasteiger partial charge in [0.15, 0.2) is 0 Å². The van der Waals surface area contributed by atoms with Crippen LogP contribution in [0.15, 0.2) is 71.0 Å². The zero-order chi connectivity index (χ0) is 21.9. The fourth-order valence-electron chi connectivity index (χ4n) is 3.32. The number of allylic oxidation sites excluding steroid dienone is 1. The summed E-state index contributed by atoms with van der Waals surface area (Å²) in [5.41, 5.74) is 3.40. The molecule has 0 atom stereocenters. The Bertz CT molecular complexity index is 868. The van der Waals surface area contributed by atoms with Crippen molar-refractivity contribution in [3.8, 4) is 16.9 Å². The number of carbonyl (C=O) groups excluding carboxylic acids is 1. The predicted molar refractivity (Wildman–Crippen MR) is 131 cm³/mol. The number of thioether (sulfide) groups is 1. The van der Waals surface area contributed by atoms with Crippen molar-refractivity contribution in [1.29, 1.82) is 0 Å². The van der Waals surface area contributed by atoms with Crippen LogP contribution in [-0.2, 0) is 4.79 Å². The number of rotatable bonds is 11. The average molecular weight is 424 g/mol. The Labute approximate surface area is 185 Å². The minimum Gasteiger partial charge on any atom is -0.497 e. The molecule has 0 spiro atoms. The Kier molecular flexibility index (Phi) is 9.75. The third kappa shape index (κ3) is 6.81. The Morgan fingerprint density at radius 3 is 2.40 bits per heavy atom. The Hall–Kier alpha value is -2.46. The molecular formula is C26H33NO2S. The van der Waals surface area contributed by atoms with Crippen LogP contribution in [0, 0.1) is 5.92 Å². The van der Waals surface area contributed by atoms with Gasteiger partial charge in [0.05, 0.1) is 12.8 Å². The van der Waals surface area contributed by atoms with Crippen molar-refractivity contribution in [1.82, 2.24) is 0 Å². The van der Waals surface area contributed by atoms with Gasteiger partial charge in [-0.25, -0.2) is 0 Å². The summed E-state index contributed by atoms with van der Waals surface area (Å²) in [6.07, 6.45) is 4.57. The molecule has 1 N–H and O–H groups in total. The molecule has 0 unspecified atom stereocenters. The molecule has 0 aliphatic carbocycles. The second-order valence-electron chi connectivity index (χ2n) is 7.39. The molecule has 160 valence electrons. The number of nitrogens with one attached hydrogen (secondary N) is 1. The van der Waals surface area contributed by atoms with Crippen LogP contribution in [0.4, 0.5) is 5.69 Å². The van der Waals surface area contributed by atoms with E-state index in [0.717, 1.165) is 47.4 Å². The summed E-state index contributed by atoms with van der Waals surface area (Å²) >= 11 is 1.58. The number of benzene rings is 2. The van der Waals surface area contributed by atoms with E-state index >= 15 is 0 Å². The monoisotopic (exact) mass is 423 g/mol. The summed E-state index contributed by atoms with van der Waals surface area (Å²) in [6, 6.07) is 15.7. The van der Waals surface area contributed by atoms with Gasteiger partial charge in [0, 0.05) is 17.2 Å². The lowest BCUT2D eigenvalue weighted by atomic mass is 9.98. The predicted octanol–water partition coefficient (Wildman–Crippen LogP) is 7.67. The van der Waals surface area contributed by atoms with Crippen molar-refractivity contribution in [2.75, 3.05) is 12.4 Å². The molecule has 1 amide bonds. The van der Waals surface area contributed by atoms with Gasteiger partial charge in [-0.2, -0.15) is 0 Å². The second-order valence-corrected chi connectivity index (χ2v) is 8.39. The highest BCUT2D eigenvalue weighted by molar-refractivity contribution is 8.05. The lowest BCUT2D eigenvalue weighted by Crippen LogP contribution is -2.13. The zero-order valence-electron chi connectivity index (χ0n) is 18.5. The van der Waals surface area contributed by atoms with E-state index < -0.39 is 0 Å². The lowest BCUT2D eigenvalue weighted by Gasteiger charge is -2.17. The number of methoxy groups -OCH3 is 1. The molecule has 0 aliphatic heterocycles. The molecule has 0 saturated carbocycles. The second kappa shape index (κ2) is 12.3. The summed E-state index contributed by atoms with van der Waals surface area (Å²) in [4.78, 5) is 14.0. The van der Waals surface area contributed by atoms with Crippen LogP contribution >= 0.6 is 11.8 Å². The first-order valence-electron chi connectivity index (χ1n) is 10.6. The molecule has 0 heterocycles. The van der Waals surface area contributed by atoms with E-state index in [9.17, 15) is 4.79 Å². The largest absolute Gasteiger partial charge is 0.497 e. The third-order valence-electron chi connectivity index (χ3n) is 5.03. The van der Waals surface area contributed by atoms with Gasteiger partial charge in [-0.1, -0.05) is 63.6 Å². The fraction of sp³-hybridized carbons (Fsp3) is 0.346. The molecular weight excluding hydrogens is 390 g/mol. The summed E-state index contributed by atoms with van der Waals surface area (Å²) in [7, 11) is 1.62. The van der Waals surface area contributed by atoms with E-state index in [-0.39, 0.29) is 5.91 Å². The van der Waals surface area contributed by atoms with Crippen molar-refractivity contribution in [2.45, 2.75) is 46.5 Å². The first-order chi connectivity index (χ1) is 14.5. The average Bonchev–Trinajstić information content (AvgIpc) is 2.77. The van der Waals surface area contributed by atoms with E-state index in [2.05, 4.69) is 25.7 Å². The Morgan fingerprint density at radius 2 is 1.80 bits per heavy atom. The van der Waals surface area contributed by atoms with Crippen molar-refractivity contribution in [2.24, 2.45) is 5.92 Å². The van der Waals surface area contributed by atoms with Crippen LogP contribution in [0.3, 0.4) is 0 Å². The molecule has 3 nitrogen and oxygen atoms in total. The number of carbonyl (C=O) groups is 1. The van der Waals surface area contributed by atoms with Gasteiger partial charge in [-0.05, 0) is 53.7 Å². The third-order valence-corrected chi connectivity index (χ3v) is 6.14. The molecule has 0 aromatic heterocycles. The van der Waals surface area contributed by atoms with Crippen molar-refractivity contribution in [3.05, 3.63) is 71.0 Å².